The maximum Gasteiger partial charge on any atom is 0.416 e. The fraction of sp³-hybridized carbons (Fsp3) is 0.417. The van der Waals surface area contributed by atoms with Crippen LogP contribution in [0.15, 0.2) is 48.8 Å². The zero-order valence-corrected chi connectivity index (χ0v) is 28.9. The Bertz CT molecular complexity index is 1970. The number of nitrogens with one attached hydrogen (secondary N) is 2. The summed E-state index contributed by atoms with van der Waals surface area (Å²) in [7, 11) is 1.72. The lowest BCUT2D eigenvalue weighted by Gasteiger charge is -2.42. The predicted octanol–water partition coefficient (Wildman–Crippen LogP) is 7.26. The van der Waals surface area contributed by atoms with Crippen LogP contribution in [-0.4, -0.2) is 56.0 Å². The number of rotatable bonds is 10. The van der Waals surface area contributed by atoms with Crippen LogP contribution < -0.4 is 15.5 Å². The van der Waals surface area contributed by atoms with E-state index in [1.807, 2.05) is 6.92 Å². The summed E-state index contributed by atoms with van der Waals surface area (Å²) >= 11 is 0. The molecule has 0 unspecified atom stereocenters. The molecule has 1 saturated carbocycles. The molecule has 11 nitrogen and oxygen atoms in total. The lowest BCUT2D eigenvalue weighted by Crippen LogP contribution is -2.57. The van der Waals surface area contributed by atoms with Gasteiger partial charge in [0.05, 0.1) is 30.9 Å². The fourth-order valence-electron chi connectivity index (χ4n) is 6.34. The highest BCUT2D eigenvalue weighted by molar-refractivity contribution is 6.10. The zero-order valence-electron chi connectivity index (χ0n) is 28.9. The van der Waals surface area contributed by atoms with Crippen molar-refractivity contribution >= 4 is 23.6 Å². The van der Waals surface area contributed by atoms with E-state index in [2.05, 4.69) is 25.8 Å². The molecule has 6 rings (SSSR count). The van der Waals surface area contributed by atoms with Crippen LogP contribution in [0.25, 0.3) is 22.5 Å². The third-order valence-corrected chi connectivity index (χ3v) is 8.82. The van der Waals surface area contributed by atoms with Crippen LogP contribution in [0, 0.1) is 5.82 Å². The van der Waals surface area contributed by atoms with Crippen molar-refractivity contribution in [1.29, 1.82) is 0 Å². The summed E-state index contributed by atoms with van der Waals surface area (Å²) in [5.41, 5.74) is -0.905. The van der Waals surface area contributed by atoms with E-state index in [0.717, 1.165) is 12.5 Å². The number of alkyl halides is 3. The Kier molecular flexibility index (Phi) is 9.53. The third-order valence-electron chi connectivity index (χ3n) is 8.82. The Morgan fingerprint density at radius 1 is 1.04 bits per heavy atom. The van der Waals surface area contributed by atoms with Crippen LogP contribution in [0.4, 0.5) is 34.0 Å². The van der Waals surface area contributed by atoms with Gasteiger partial charge >= 0.3 is 12.3 Å². The molecular formula is C36H39F4N7O4. The SMILES string of the molecule is CCNc1cc(-c2ccc(F)cc2-c2nncn2C)cc(N2Cc3c(cc(COCC4(NC(=O)OC(C)(C)C)CCC4)cc3C(F)(F)F)C2=O)n1. The van der Waals surface area contributed by atoms with Gasteiger partial charge < -0.3 is 24.7 Å². The number of fused-ring (bicyclic) bond motifs is 1. The van der Waals surface area contributed by atoms with E-state index in [1.54, 1.807) is 50.6 Å². The van der Waals surface area contributed by atoms with Gasteiger partial charge in [0.15, 0.2) is 5.82 Å². The Hall–Kier alpha value is -5.05. The monoisotopic (exact) mass is 709 g/mol. The van der Waals surface area contributed by atoms with E-state index in [0.29, 0.717) is 47.7 Å². The van der Waals surface area contributed by atoms with Crippen molar-refractivity contribution in [2.24, 2.45) is 7.05 Å². The van der Waals surface area contributed by atoms with Crippen molar-refractivity contribution < 1.29 is 36.6 Å². The van der Waals surface area contributed by atoms with E-state index < -0.39 is 40.7 Å². The first kappa shape index (κ1) is 35.8. The van der Waals surface area contributed by atoms with E-state index >= 15 is 0 Å². The number of alkyl carbamates (subject to hydrolysis) is 1. The summed E-state index contributed by atoms with van der Waals surface area (Å²) < 4.78 is 71.0. The second kappa shape index (κ2) is 13.6. The minimum Gasteiger partial charge on any atom is -0.444 e. The van der Waals surface area contributed by atoms with E-state index in [4.69, 9.17) is 9.47 Å². The molecule has 0 atom stereocenters. The Balaban J connectivity index is 1.30. The van der Waals surface area contributed by atoms with Crippen molar-refractivity contribution in [2.75, 3.05) is 23.4 Å². The second-order valence-corrected chi connectivity index (χ2v) is 13.9. The summed E-state index contributed by atoms with van der Waals surface area (Å²) in [5, 5.41) is 14.0. The van der Waals surface area contributed by atoms with Crippen LogP contribution in [0.5, 0.6) is 0 Å². The van der Waals surface area contributed by atoms with Crippen molar-refractivity contribution in [3.63, 3.8) is 0 Å². The number of carbonyl (C=O) groups excluding carboxylic acids is 2. The van der Waals surface area contributed by atoms with Gasteiger partial charge in [0, 0.05) is 24.7 Å². The second-order valence-electron chi connectivity index (χ2n) is 13.9. The molecule has 0 spiro atoms. The first-order valence-electron chi connectivity index (χ1n) is 16.6. The van der Waals surface area contributed by atoms with Gasteiger partial charge in [0.2, 0.25) is 0 Å². The number of aromatic nitrogens is 4. The molecule has 4 aromatic rings. The standard InChI is InChI=1S/C36H39F4N7O4/c1-6-41-29-14-22(24-9-8-23(37)16-25(24)31-45-42-20-46(31)5)15-30(43-29)47-17-27-26(32(47)48)12-21(13-28(27)36(38,39)40)18-50-19-35(10-7-11-35)44-33(49)51-34(2,3)4/h8-9,12-16,20H,6-7,10-11,17-19H2,1-5H3,(H,41,43)(H,44,49). The topological polar surface area (TPSA) is 124 Å². The minimum atomic E-state index is -4.76. The lowest BCUT2D eigenvalue weighted by atomic mass is 9.77. The van der Waals surface area contributed by atoms with Gasteiger partial charge in [-0.3, -0.25) is 9.69 Å². The van der Waals surface area contributed by atoms with Gasteiger partial charge in [-0.15, -0.1) is 10.2 Å². The summed E-state index contributed by atoms with van der Waals surface area (Å²) in [5.74, 6) is -0.268. The third kappa shape index (κ3) is 7.67. The highest BCUT2D eigenvalue weighted by Gasteiger charge is 2.42. The highest BCUT2D eigenvalue weighted by Crippen LogP contribution is 2.41. The number of aryl methyl sites for hydroxylation is 1. The maximum absolute atomic E-state index is 14.5. The van der Waals surface area contributed by atoms with Crippen LogP contribution in [-0.2, 0) is 35.8 Å². The van der Waals surface area contributed by atoms with Crippen molar-refractivity contribution in [1.82, 2.24) is 25.1 Å². The van der Waals surface area contributed by atoms with Crippen LogP contribution in [0.3, 0.4) is 0 Å². The number of hydrogen-bond donors (Lipinski definition) is 2. The molecule has 51 heavy (non-hydrogen) atoms. The molecule has 0 bridgehead atoms. The molecule has 1 aliphatic heterocycles. The molecular weight excluding hydrogens is 670 g/mol. The fourth-order valence-corrected chi connectivity index (χ4v) is 6.34. The lowest BCUT2D eigenvalue weighted by molar-refractivity contribution is -0.138. The number of amides is 2. The smallest absolute Gasteiger partial charge is 0.416 e. The normalized spacial score (nSPS) is 15.4. The van der Waals surface area contributed by atoms with Crippen molar-refractivity contribution in [2.45, 2.75) is 77.4 Å². The largest absolute Gasteiger partial charge is 0.444 e. The summed E-state index contributed by atoms with van der Waals surface area (Å²) in [6, 6.07) is 9.91. The Morgan fingerprint density at radius 3 is 2.43 bits per heavy atom. The summed E-state index contributed by atoms with van der Waals surface area (Å²) in [4.78, 5) is 32.2. The van der Waals surface area contributed by atoms with Crippen molar-refractivity contribution in [3.8, 4) is 22.5 Å². The number of ether oxygens (including phenoxy) is 2. The number of halogens is 4. The van der Waals surface area contributed by atoms with Gasteiger partial charge in [-0.1, -0.05) is 6.07 Å². The number of nitrogens with zero attached hydrogens (tertiary/aromatic N) is 5. The molecule has 2 aliphatic rings. The molecule has 2 aromatic carbocycles. The first-order valence-corrected chi connectivity index (χ1v) is 16.6. The predicted molar refractivity (Wildman–Crippen MR) is 181 cm³/mol. The van der Waals surface area contributed by atoms with Gasteiger partial charge in [-0.25, -0.2) is 14.2 Å². The van der Waals surface area contributed by atoms with Gasteiger partial charge in [0.1, 0.15) is 29.4 Å². The van der Waals surface area contributed by atoms with E-state index in [9.17, 15) is 27.2 Å². The number of hydrogen-bond acceptors (Lipinski definition) is 8. The van der Waals surface area contributed by atoms with E-state index in [1.165, 1.54) is 29.4 Å². The van der Waals surface area contributed by atoms with Crippen LogP contribution in [0.2, 0.25) is 0 Å². The van der Waals surface area contributed by atoms with Crippen LogP contribution >= 0.6 is 0 Å². The zero-order chi connectivity index (χ0) is 36.7. The quantitative estimate of drug-likeness (QED) is 0.165. The summed E-state index contributed by atoms with van der Waals surface area (Å²) in [6.07, 6.45) is -1.74. The number of carbonyl (C=O) groups is 2. The number of benzene rings is 2. The van der Waals surface area contributed by atoms with E-state index in [-0.39, 0.29) is 42.3 Å². The number of pyridine rings is 1. The molecule has 270 valence electrons. The molecule has 0 saturated heterocycles. The molecule has 1 fully saturated rings. The van der Waals surface area contributed by atoms with Gasteiger partial charge in [0.25, 0.3) is 5.91 Å². The molecule has 2 N–H and O–H groups in total. The molecule has 15 heteroatoms. The average molecular weight is 710 g/mol. The summed E-state index contributed by atoms with van der Waals surface area (Å²) in [6.45, 7) is 7.07. The first-order chi connectivity index (χ1) is 24.1. The van der Waals surface area contributed by atoms with Crippen molar-refractivity contribution in [3.05, 3.63) is 76.9 Å². The minimum absolute atomic E-state index is 0.0639. The molecule has 3 heterocycles. The molecule has 2 amide bonds. The van der Waals surface area contributed by atoms with Crippen LogP contribution in [0.1, 0.15) is 74.0 Å². The highest BCUT2D eigenvalue weighted by atomic mass is 19.4. The van der Waals surface area contributed by atoms with Gasteiger partial charge in [-0.05, 0) is 106 Å². The maximum atomic E-state index is 14.5. The average Bonchev–Trinajstić information content (AvgIpc) is 3.60. The molecule has 0 radical (unpaired) electrons. The Labute approximate surface area is 292 Å². The Morgan fingerprint density at radius 2 is 1.80 bits per heavy atom. The molecule has 2 aromatic heterocycles. The van der Waals surface area contributed by atoms with Gasteiger partial charge in [-0.2, -0.15) is 13.2 Å². The number of anilines is 2. The molecule has 1 aliphatic carbocycles.